The number of nitrogens with zero attached hydrogens (tertiary/aromatic N) is 2. The second-order valence-corrected chi connectivity index (χ2v) is 8.50. The maximum atomic E-state index is 13.1. The normalized spacial score (nSPS) is 18.9. The van der Waals surface area contributed by atoms with Crippen LogP contribution in [0.25, 0.3) is 10.2 Å². The second-order valence-electron chi connectivity index (χ2n) is 7.52. The average molecular weight is 409 g/mol. The van der Waals surface area contributed by atoms with Crippen molar-refractivity contribution in [3.8, 4) is 5.75 Å². The zero-order chi connectivity index (χ0) is 19.8. The van der Waals surface area contributed by atoms with E-state index in [4.69, 9.17) is 9.72 Å². The van der Waals surface area contributed by atoms with E-state index in [1.807, 2.05) is 43.3 Å². The fraction of sp³-hybridized carbons (Fsp3) is 0.364. The van der Waals surface area contributed by atoms with Gasteiger partial charge in [0.2, 0.25) is 0 Å². The predicted molar refractivity (Wildman–Crippen MR) is 116 cm³/mol. The van der Waals surface area contributed by atoms with Gasteiger partial charge in [0.1, 0.15) is 5.75 Å². The Morgan fingerprint density at radius 2 is 2.07 bits per heavy atom. The number of carbonyl (C=O) groups excluding carboxylic acids is 1. The van der Waals surface area contributed by atoms with Crippen LogP contribution in [0, 0.1) is 6.92 Å². The molecular formula is C22H24N4O2S. The number of amides is 1. The van der Waals surface area contributed by atoms with Gasteiger partial charge in [-0.2, -0.15) is 0 Å². The third-order valence-corrected chi connectivity index (χ3v) is 6.94. The molecule has 0 unspecified atom stereocenters. The number of aromatic nitrogens is 1. The first-order valence-electron chi connectivity index (χ1n) is 10.1. The molecule has 0 saturated carbocycles. The molecule has 6 nitrogen and oxygen atoms in total. The van der Waals surface area contributed by atoms with Crippen LogP contribution in [0.2, 0.25) is 0 Å². The smallest absolute Gasteiger partial charge is 0.252 e. The quantitative estimate of drug-likeness (QED) is 0.696. The van der Waals surface area contributed by atoms with E-state index in [-0.39, 0.29) is 11.9 Å². The molecule has 29 heavy (non-hydrogen) atoms. The van der Waals surface area contributed by atoms with Crippen molar-refractivity contribution in [2.75, 3.05) is 37.7 Å². The number of anilines is 1. The Balaban J connectivity index is 1.41. The van der Waals surface area contributed by atoms with Crippen molar-refractivity contribution in [3.05, 3.63) is 53.1 Å². The first-order chi connectivity index (χ1) is 14.2. The van der Waals surface area contributed by atoms with Gasteiger partial charge in [0.25, 0.3) is 5.91 Å². The Morgan fingerprint density at radius 1 is 1.24 bits per heavy atom. The van der Waals surface area contributed by atoms with E-state index in [0.29, 0.717) is 6.61 Å². The Morgan fingerprint density at radius 3 is 2.93 bits per heavy atom. The number of ether oxygens (including phenoxy) is 1. The minimum atomic E-state index is -0.0387. The van der Waals surface area contributed by atoms with Crippen LogP contribution in [-0.2, 0) is 0 Å². The molecule has 0 aliphatic carbocycles. The number of fused-ring (bicyclic) bond motifs is 2. The zero-order valence-corrected chi connectivity index (χ0v) is 17.2. The van der Waals surface area contributed by atoms with E-state index in [1.165, 1.54) is 0 Å². The van der Waals surface area contributed by atoms with Crippen LogP contribution in [0.3, 0.4) is 0 Å². The molecule has 1 atom stereocenters. The van der Waals surface area contributed by atoms with Gasteiger partial charge in [-0.15, -0.1) is 0 Å². The van der Waals surface area contributed by atoms with Crippen LogP contribution in [0.5, 0.6) is 5.75 Å². The summed E-state index contributed by atoms with van der Waals surface area (Å²) in [6.07, 6.45) is 0.776. The molecule has 1 fully saturated rings. The molecule has 0 bridgehead atoms. The molecule has 2 aromatic carbocycles. The van der Waals surface area contributed by atoms with E-state index >= 15 is 0 Å². The summed E-state index contributed by atoms with van der Waals surface area (Å²) in [5, 5.41) is 7.63. The summed E-state index contributed by atoms with van der Waals surface area (Å²) in [6.45, 7) is 6.53. The number of benzene rings is 2. The molecule has 0 spiro atoms. The van der Waals surface area contributed by atoms with Crippen molar-refractivity contribution < 1.29 is 9.53 Å². The van der Waals surface area contributed by atoms with Crippen LogP contribution in [-0.4, -0.2) is 43.7 Å². The third kappa shape index (κ3) is 3.45. The summed E-state index contributed by atoms with van der Waals surface area (Å²) in [6, 6.07) is 11.8. The minimum absolute atomic E-state index is 0.0274. The molecule has 2 aliphatic heterocycles. The maximum Gasteiger partial charge on any atom is 0.252 e. The average Bonchev–Trinajstić information content (AvgIpc) is 3.20. The number of piperazine rings is 1. The summed E-state index contributed by atoms with van der Waals surface area (Å²) in [5.74, 6) is 0.822. The highest BCUT2D eigenvalue weighted by molar-refractivity contribution is 7.22. The lowest BCUT2D eigenvalue weighted by Crippen LogP contribution is -2.43. The molecule has 1 aromatic heterocycles. The van der Waals surface area contributed by atoms with Crippen molar-refractivity contribution >= 4 is 32.6 Å². The summed E-state index contributed by atoms with van der Waals surface area (Å²) in [5.41, 5.74) is 3.73. The Labute approximate surface area is 173 Å². The largest absolute Gasteiger partial charge is 0.493 e. The van der Waals surface area contributed by atoms with E-state index in [2.05, 4.69) is 15.5 Å². The number of hydrogen-bond donors (Lipinski definition) is 2. The van der Waals surface area contributed by atoms with Gasteiger partial charge in [-0.3, -0.25) is 4.79 Å². The maximum absolute atomic E-state index is 13.1. The van der Waals surface area contributed by atoms with Crippen molar-refractivity contribution in [3.63, 3.8) is 0 Å². The van der Waals surface area contributed by atoms with Gasteiger partial charge in [0.15, 0.2) is 5.13 Å². The lowest BCUT2D eigenvalue weighted by molar-refractivity contribution is 0.0924. The SMILES string of the molecule is Cc1c(C(=O)N[C@H]2CCOc3ccccc32)ccc2nc(N3CCNCC3)sc12. The van der Waals surface area contributed by atoms with Crippen LogP contribution in [0.4, 0.5) is 5.13 Å². The van der Waals surface area contributed by atoms with Gasteiger partial charge in [-0.05, 0) is 30.7 Å². The molecule has 150 valence electrons. The van der Waals surface area contributed by atoms with E-state index in [9.17, 15) is 4.79 Å². The fourth-order valence-electron chi connectivity index (χ4n) is 4.08. The first-order valence-corrected chi connectivity index (χ1v) is 10.9. The van der Waals surface area contributed by atoms with Crippen LogP contribution >= 0.6 is 11.3 Å². The van der Waals surface area contributed by atoms with Crippen molar-refractivity contribution in [2.24, 2.45) is 0 Å². The topological polar surface area (TPSA) is 66.5 Å². The molecule has 1 amide bonds. The Kier molecular flexibility index (Phi) is 4.85. The van der Waals surface area contributed by atoms with E-state index in [1.54, 1.807) is 11.3 Å². The van der Waals surface area contributed by atoms with Gasteiger partial charge >= 0.3 is 0 Å². The number of thiazole rings is 1. The number of rotatable bonds is 3. The summed E-state index contributed by atoms with van der Waals surface area (Å²) in [4.78, 5) is 20.2. The van der Waals surface area contributed by atoms with Gasteiger partial charge in [0.05, 0.1) is 22.9 Å². The molecule has 0 radical (unpaired) electrons. The van der Waals surface area contributed by atoms with Gasteiger partial charge in [-0.25, -0.2) is 4.98 Å². The third-order valence-electron chi connectivity index (χ3n) is 5.69. The molecule has 2 aliphatic rings. The first kappa shape index (κ1) is 18.4. The lowest BCUT2D eigenvalue weighted by atomic mass is 9.99. The number of carbonyl (C=O) groups is 1. The minimum Gasteiger partial charge on any atom is -0.493 e. The predicted octanol–water partition coefficient (Wildman–Crippen LogP) is 3.27. The molecule has 1 saturated heterocycles. The van der Waals surface area contributed by atoms with Crippen molar-refractivity contribution in [1.82, 2.24) is 15.6 Å². The van der Waals surface area contributed by atoms with Crippen LogP contribution in [0.15, 0.2) is 36.4 Å². The summed E-state index contributed by atoms with van der Waals surface area (Å²) >= 11 is 1.68. The lowest BCUT2D eigenvalue weighted by Gasteiger charge is -2.26. The fourth-order valence-corrected chi connectivity index (χ4v) is 5.20. The highest BCUT2D eigenvalue weighted by Crippen LogP contribution is 2.34. The van der Waals surface area contributed by atoms with Crippen molar-refractivity contribution in [1.29, 1.82) is 0 Å². The van der Waals surface area contributed by atoms with Crippen LogP contribution in [0.1, 0.15) is 33.9 Å². The molecular weight excluding hydrogens is 384 g/mol. The molecule has 5 rings (SSSR count). The number of nitrogens with one attached hydrogen (secondary N) is 2. The Bertz CT molecular complexity index is 1060. The molecule has 2 N–H and O–H groups in total. The highest BCUT2D eigenvalue weighted by atomic mass is 32.1. The van der Waals surface area contributed by atoms with Crippen LogP contribution < -0.4 is 20.3 Å². The molecule has 3 aromatic rings. The van der Waals surface area contributed by atoms with Gasteiger partial charge < -0.3 is 20.3 Å². The monoisotopic (exact) mass is 408 g/mol. The molecule has 3 heterocycles. The number of aryl methyl sites for hydroxylation is 1. The second kappa shape index (κ2) is 7.65. The number of hydrogen-bond acceptors (Lipinski definition) is 6. The van der Waals surface area contributed by atoms with Crippen molar-refractivity contribution in [2.45, 2.75) is 19.4 Å². The van der Waals surface area contributed by atoms with Gasteiger partial charge in [0, 0.05) is 43.7 Å². The highest BCUT2D eigenvalue weighted by Gasteiger charge is 2.24. The Hall–Kier alpha value is -2.64. The standard InChI is InChI=1S/C22H24N4O2S/c1-14-15(21(27)24-17-8-13-28-19-5-3-2-4-16(17)19)6-7-18-20(14)29-22(25-18)26-11-9-23-10-12-26/h2-7,17,23H,8-13H2,1H3,(H,24,27)/t17-/m0/s1. The van der Waals surface area contributed by atoms with E-state index in [0.717, 1.165) is 70.4 Å². The zero-order valence-electron chi connectivity index (χ0n) is 16.4. The molecule has 7 heteroatoms. The van der Waals surface area contributed by atoms with Gasteiger partial charge in [-0.1, -0.05) is 29.5 Å². The summed E-state index contributed by atoms with van der Waals surface area (Å²) < 4.78 is 6.81. The number of para-hydroxylation sites is 1. The summed E-state index contributed by atoms with van der Waals surface area (Å²) in [7, 11) is 0. The van der Waals surface area contributed by atoms with E-state index < -0.39 is 0 Å².